The van der Waals surface area contributed by atoms with Crippen molar-refractivity contribution in [2.24, 2.45) is 0 Å². The molecule has 0 aliphatic heterocycles. The van der Waals surface area contributed by atoms with Crippen molar-refractivity contribution in [2.75, 3.05) is 13.1 Å². The van der Waals surface area contributed by atoms with Gasteiger partial charge in [0.15, 0.2) is 6.29 Å². The minimum Gasteiger partial charge on any atom is -0.507 e. The molecule has 0 spiro atoms. The maximum absolute atomic E-state index is 10.8. The lowest BCUT2D eigenvalue weighted by Crippen LogP contribution is -2.22. The van der Waals surface area contributed by atoms with Gasteiger partial charge in [0.2, 0.25) is 0 Å². The lowest BCUT2D eigenvalue weighted by atomic mass is 10.1. The minimum atomic E-state index is 0.0881. The fourth-order valence-electron chi connectivity index (χ4n) is 1.58. The Bertz CT molecular complexity index is 376. The van der Waals surface area contributed by atoms with Gasteiger partial charge >= 0.3 is 0 Å². The molecule has 0 amide bonds. The van der Waals surface area contributed by atoms with Crippen molar-refractivity contribution in [3.05, 3.63) is 27.7 Å². The van der Waals surface area contributed by atoms with Crippen LogP contribution in [0.1, 0.15) is 29.8 Å². The monoisotopic (exact) mass is 285 g/mol. The number of halogens is 1. The fraction of sp³-hybridized carbons (Fsp3) is 0.417. The van der Waals surface area contributed by atoms with Crippen LogP contribution in [0.25, 0.3) is 0 Å². The average Bonchev–Trinajstić information content (AvgIpc) is 2.29. The van der Waals surface area contributed by atoms with Crippen LogP contribution in [0.2, 0.25) is 0 Å². The molecule has 0 atom stereocenters. The van der Waals surface area contributed by atoms with Crippen LogP contribution in [0, 0.1) is 0 Å². The molecule has 0 fully saturated rings. The maximum atomic E-state index is 10.8. The van der Waals surface area contributed by atoms with E-state index in [0.717, 1.165) is 23.1 Å². The normalized spacial score (nSPS) is 10.8. The summed E-state index contributed by atoms with van der Waals surface area (Å²) in [5.41, 5.74) is 1.11. The molecule has 16 heavy (non-hydrogen) atoms. The molecule has 0 saturated heterocycles. The SMILES string of the molecule is CCN(CC)Cc1cc(Br)cc(C=O)c1O. The topological polar surface area (TPSA) is 40.5 Å². The van der Waals surface area contributed by atoms with E-state index in [9.17, 15) is 9.90 Å². The lowest BCUT2D eigenvalue weighted by molar-refractivity contribution is 0.112. The number of hydrogen-bond donors (Lipinski definition) is 1. The van der Waals surface area contributed by atoms with Gasteiger partial charge in [0.1, 0.15) is 5.75 Å². The first-order valence-corrected chi connectivity index (χ1v) is 6.10. The summed E-state index contributed by atoms with van der Waals surface area (Å²) in [5.74, 6) is 0.0881. The molecule has 4 heteroatoms. The predicted molar refractivity (Wildman–Crippen MR) is 67.8 cm³/mol. The van der Waals surface area contributed by atoms with Crippen molar-refractivity contribution in [2.45, 2.75) is 20.4 Å². The van der Waals surface area contributed by atoms with Crippen LogP contribution in [0.15, 0.2) is 16.6 Å². The molecular formula is C12H16BrNO2. The van der Waals surface area contributed by atoms with Crippen molar-refractivity contribution < 1.29 is 9.90 Å². The van der Waals surface area contributed by atoms with E-state index in [4.69, 9.17) is 0 Å². The number of phenolic OH excluding ortho intramolecular Hbond substituents is 1. The van der Waals surface area contributed by atoms with Crippen LogP contribution in [0.5, 0.6) is 5.75 Å². The van der Waals surface area contributed by atoms with E-state index < -0.39 is 0 Å². The lowest BCUT2D eigenvalue weighted by Gasteiger charge is -2.19. The van der Waals surface area contributed by atoms with Gasteiger partial charge in [-0.05, 0) is 25.2 Å². The Kier molecular flexibility index (Phi) is 4.96. The molecule has 1 rings (SSSR count). The molecule has 0 bridgehead atoms. The number of rotatable bonds is 5. The van der Waals surface area contributed by atoms with Gasteiger partial charge in [-0.2, -0.15) is 0 Å². The van der Waals surface area contributed by atoms with Crippen LogP contribution >= 0.6 is 15.9 Å². The van der Waals surface area contributed by atoms with Crippen LogP contribution in [-0.2, 0) is 6.54 Å². The van der Waals surface area contributed by atoms with E-state index >= 15 is 0 Å². The van der Waals surface area contributed by atoms with Crippen LogP contribution < -0.4 is 0 Å². The smallest absolute Gasteiger partial charge is 0.153 e. The molecule has 1 N–H and O–H groups in total. The molecule has 0 heterocycles. The summed E-state index contributed by atoms with van der Waals surface area (Å²) in [6.07, 6.45) is 0.672. The molecule has 0 aromatic heterocycles. The summed E-state index contributed by atoms with van der Waals surface area (Å²) >= 11 is 3.33. The Morgan fingerprint density at radius 1 is 1.38 bits per heavy atom. The maximum Gasteiger partial charge on any atom is 0.153 e. The summed E-state index contributed by atoms with van der Waals surface area (Å²) in [4.78, 5) is 12.9. The Morgan fingerprint density at radius 2 is 2.00 bits per heavy atom. The van der Waals surface area contributed by atoms with Gasteiger partial charge in [-0.15, -0.1) is 0 Å². The summed E-state index contributed by atoms with van der Waals surface area (Å²) in [5, 5.41) is 9.87. The second-order valence-corrected chi connectivity index (χ2v) is 4.50. The van der Waals surface area contributed by atoms with Gasteiger partial charge in [0.05, 0.1) is 5.56 Å². The Labute approximate surface area is 104 Å². The third-order valence-corrected chi connectivity index (χ3v) is 3.06. The number of carbonyl (C=O) groups excluding carboxylic acids is 1. The van der Waals surface area contributed by atoms with Gasteiger partial charge in [0, 0.05) is 16.6 Å². The molecule has 0 aliphatic carbocycles. The number of hydrogen-bond acceptors (Lipinski definition) is 3. The summed E-state index contributed by atoms with van der Waals surface area (Å²) in [6.45, 7) is 6.62. The third-order valence-electron chi connectivity index (χ3n) is 2.60. The number of nitrogens with zero attached hydrogens (tertiary/aromatic N) is 1. The second-order valence-electron chi connectivity index (χ2n) is 3.58. The quantitative estimate of drug-likeness (QED) is 0.846. The van der Waals surface area contributed by atoms with Gasteiger partial charge < -0.3 is 5.11 Å². The predicted octanol–water partition coefficient (Wildman–Crippen LogP) is 2.81. The average molecular weight is 286 g/mol. The first-order valence-electron chi connectivity index (χ1n) is 5.31. The van der Waals surface area contributed by atoms with E-state index in [1.165, 1.54) is 0 Å². The van der Waals surface area contributed by atoms with Crippen molar-refractivity contribution in [3.8, 4) is 5.75 Å². The van der Waals surface area contributed by atoms with E-state index in [0.29, 0.717) is 18.4 Å². The molecule has 88 valence electrons. The van der Waals surface area contributed by atoms with E-state index in [2.05, 4.69) is 34.7 Å². The highest BCUT2D eigenvalue weighted by Gasteiger charge is 2.11. The van der Waals surface area contributed by atoms with Crippen molar-refractivity contribution in [1.82, 2.24) is 4.90 Å². The highest BCUT2D eigenvalue weighted by Crippen LogP contribution is 2.27. The number of aldehydes is 1. The summed E-state index contributed by atoms with van der Waals surface area (Å²) in [6, 6.07) is 3.47. The van der Waals surface area contributed by atoms with E-state index in [1.54, 1.807) is 6.07 Å². The second kappa shape index (κ2) is 6.01. The molecule has 0 unspecified atom stereocenters. The van der Waals surface area contributed by atoms with Crippen LogP contribution in [0.4, 0.5) is 0 Å². The van der Waals surface area contributed by atoms with Gasteiger partial charge in [0.25, 0.3) is 0 Å². The molecule has 1 aromatic rings. The molecule has 0 saturated carbocycles. The Balaban J connectivity index is 3.03. The zero-order valence-electron chi connectivity index (χ0n) is 9.53. The Morgan fingerprint density at radius 3 is 2.50 bits per heavy atom. The Hall–Kier alpha value is -0.870. The first-order chi connectivity index (χ1) is 7.62. The van der Waals surface area contributed by atoms with Crippen molar-refractivity contribution in [1.29, 1.82) is 0 Å². The number of phenols is 1. The number of benzene rings is 1. The molecule has 3 nitrogen and oxygen atoms in total. The highest BCUT2D eigenvalue weighted by molar-refractivity contribution is 9.10. The van der Waals surface area contributed by atoms with Gasteiger partial charge in [-0.1, -0.05) is 29.8 Å². The van der Waals surface area contributed by atoms with Crippen molar-refractivity contribution in [3.63, 3.8) is 0 Å². The molecule has 0 radical (unpaired) electrons. The van der Waals surface area contributed by atoms with Gasteiger partial charge in [-0.3, -0.25) is 9.69 Å². The number of aromatic hydroxyl groups is 1. The highest BCUT2D eigenvalue weighted by atomic mass is 79.9. The van der Waals surface area contributed by atoms with E-state index in [1.807, 2.05) is 6.07 Å². The largest absolute Gasteiger partial charge is 0.507 e. The minimum absolute atomic E-state index is 0.0881. The summed E-state index contributed by atoms with van der Waals surface area (Å²) < 4.78 is 0.814. The molecule has 1 aromatic carbocycles. The molecular weight excluding hydrogens is 270 g/mol. The van der Waals surface area contributed by atoms with Crippen LogP contribution in [0.3, 0.4) is 0 Å². The zero-order valence-corrected chi connectivity index (χ0v) is 11.1. The van der Waals surface area contributed by atoms with Crippen molar-refractivity contribution >= 4 is 22.2 Å². The van der Waals surface area contributed by atoms with Crippen LogP contribution in [-0.4, -0.2) is 29.4 Å². The first kappa shape index (κ1) is 13.2. The number of carbonyl (C=O) groups is 1. The summed E-state index contributed by atoms with van der Waals surface area (Å²) in [7, 11) is 0. The van der Waals surface area contributed by atoms with Gasteiger partial charge in [-0.25, -0.2) is 0 Å². The molecule has 0 aliphatic rings. The zero-order chi connectivity index (χ0) is 12.1. The standard InChI is InChI=1S/C12H16BrNO2/c1-3-14(4-2)7-9-5-11(13)6-10(8-15)12(9)16/h5-6,8,16H,3-4,7H2,1-2H3. The van der Waals surface area contributed by atoms with E-state index in [-0.39, 0.29) is 5.75 Å². The third kappa shape index (κ3) is 3.06. The fourth-order valence-corrected chi connectivity index (χ4v) is 2.10.